The number of aryl methyl sites for hydroxylation is 2. The Balaban J connectivity index is 1.68. The summed E-state index contributed by atoms with van der Waals surface area (Å²) in [6.07, 6.45) is 3.01. The van der Waals surface area contributed by atoms with E-state index in [1.54, 1.807) is 0 Å². The second-order valence-electron chi connectivity index (χ2n) is 5.76. The van der Waals surface area contributed by atoms with Gasteiger partial charge < -0.3 is 4.42 Å². The molecule has 0 amide bonds. The lowest BCUT2D eigenvalue weighted by atomic mass is 10.1. The highest BCUT2D eigenvalue weighted by molar-refractivity contribution is 7.88. The van der Waals surface area contributed by atoms with Crippen molar-refractivity contribution in [2.45, 2.75) is 25.3 Å². The molecule has 0 N–H and O–H groups in total. The van der Waals surface area contributed by atoms with Gasteiger partial charge in [0, 0.05) is 19.5 Å². The van der Waals surface area contributed by atoms with E-state index in [4.69, 9.17) is 4.42 Å². The van der Waals surface area contributed by atoms with Crippen LogP contribution in [0.1, 0.15) is 23.9 Å². The Labute approximate surface area is 134 Å². The maximum absolute atomic E-state index is 12.0. The first kappa shape index (κ1) is 15.9. The van der Waals surface area contributed by atoms with E-state index in [1.165, 1.54) is 15.2 Å². The van der Waals surface area contributed by atoms with Crippen molar-refractivity contribution in [2.75, 3.05) is 19.3 Å². The molecule has 2 heterocycles. The van der Waals surface area contributed by atoms with Crippen molar-refractivity contribution in [1.82, 2.24) is 14.1 Å². The minimum absolute atomic E-state index is 0.258. The topological polar surface area (TPSA) is 85.4 Å². The molecule has 7 nitrogen and oxygen atoms in total. The lowest BCUT2D eigenvalue weighted by molar-refractivity contribution is 0.400. The van der Waals surface area contributed by atoms with Gasteiger partial charge in [-0.25, -0.2) is 13.2 Å². The summed E-state index contributed by atoms with van der Waals surface area (Å²) in [6, 6.07) is 9.63. The van der Waals surface area contributed by atoms with Gasteiger partial charge >= 0.3 is 5.76 Å². The van der Waals surface area contributed by atoms with E-state index in [9.17, 15) is 13.2 Å². The number of hydrogen-bond acceptors (Lipinski definition) is 5. The number of hydrogen-bond donors (Lipinski definition) is 0. The summed E-state index contributed by atoms with van der Waals surface area (Å²) in [5, 5.41) is 4.24. The van der Waals surface area contributed by atoms with Crippen LogP contribution >= 0.6 is 0 Å². The molecule has 1 unspecified atom stereocenters. The lowest BCUT2D eigenvalue weighted by Gasteiger charge is -2.12. The monoisotopic (exact) mass is 337 g/mol. The van der Waals surface area contributed by atoms with Crippen molar-refractivity contribution < 1.29 is 12.8 Å². The van der Waals surface area contributed by atoms with E-state index in [2.05, 4.69) is 5.10 Å². The van der Waals surface area contributed by atoms with Crippen LogP contribution in [0.25, 0.3) is 0 Å². The summed E-state index contributed by atoms with van der Waals surface area (Å²) < 4.78 is 31.0. The predicted octanol–water partition coefficient (Wildman–Crippen LogP) is 0.828. The molecule has 124 valence electrons. The number of sulfonamides is 1. The van der Waals surface area contributed by atoms with Crippen LogP contribution in [-0.4, -0.2) is 41.8 Å². The molecule has 1 fully saturated rings. The maximum atomic E-state index is 12.0. The molecule has 1 atom stereocenters. The third kappa shape index (κ3) is 3.70. The average Bonchev–Trinajstić information content (AvgIpc) is 3.12. The minimum Gasteiger partial charge on any atom is -0.392 e. The van der Waals surface area contributed by atoms with E-state index < -0.39 is 15.8 Å². The highest BCUT2D eigenvalue weighted by atomic mass is 32.2. The third-order valence-corrected chi connectivity index (χ3v) is 5.29. The van der Waals surface area contributed by atoms with Gasteiger partial charge in [-0.2, -0.15) is 8.99 Å². The zero-order valence-electron chi connectivity index (χ0n) is 12.9. The molecule has 1 aromatic heterocycles. The maximum Gasteiger partial charge on any atom is 0.437 e. The highest BCUT2D eigenvalue weighted by Crippen LogP contribution is 2.21. The van der Waals surface area contributed by atoms with Crippen molar-refractivity contribution in [1.29, 1.82) is 0 Å². The third-order valence-electron chi connectivity index (χ3n) is 4.02. The first-order valence-electron chi connectivity index (χ1n) is 7.51. The van der Waals surface area contributed by atoms with Crippen LogP contribution in [-0.2, 0) is 22.9 Å². The van der Waals surface area contributed by atoms with Crippen LogP contribution in [0, 0.1) is 0 Å². The Morgan fingerprint density at radius 3 is 2.65 bits per heavy atom. The van der Waals surface area contributed by atoms with E-state index in [0.717, 1.165) is 12.0 Å². The fourth-order valence-electron chi connectivity index (χ4n) is 2.77. The van der Waals surface area contributed by atoms with Gasteiger partial charge in [0.05, 0.1) is 12.3 Å². The highest BCUT2D eigenvalue weighted by Gasteiger charge is 2.31. The minimum atomic E-state index is -3.24. The van der Waals surface area contributed by atoms with Crippen molar-refractivity contribution in [3.05, 3.63) is 52.3 Å². The van der Waals surface area contributed by atoms with Gasteiger partial charge in [0.1, 0.15) is 0 Å². The molecular formula is C15H19N3O4S. The first-order valence-corrected chi connectivity index (χ1v) is 9.36. The summed E-state index contributed by atoms with van der Waals surface area (Å²) in [6.45, 7) is 0.672. The van der Waals surface area contributed by atoms with Gasteiger partial charge in [0.15, 0.2) is 0 Å². The molecule has 23 heavy (non-hydrogen) atoms. The average molecular weight is 337 g/mol. The van der Waals surface area contributed by atoms with Crippen molar-refractivity contribution in [3.63, 3.8) is 0 Å². The van der Waals surface area contributed by atoms with E-state index in [0.29, 0.717) is 25.3 Å². The fraction of sp³-hybridized carbons (Fsp3) is 0.467. The molecule has 0 radical (unpaired) electrons. The van der Waals surface area contributed by atoms with Gasteiger partial charge in [-0.3, -0.25) is 0 Å². The predicted molar refractivity (Wildman–Crippen MR) is 84.7 cm³/mol. The standard InChI is InChI=1S/C15H19N3O4S/c1-23(20,21)17-10-9-13(11-17)18-15(19)22-14(16-18)8-7-12-5-3-2-4-6-12/h2-6,13H,7-11H2,1H3. The lowest BCUT2D eigenvalue weighted by Crippen LogP contribution is -2.30. The molecule has 1 aliphatic heterocycles. The molecule has 2 aromatic rings. The molecule has 0 aliphatic carbocycles. The fourth-order valence-corrected chi connectivity index (χ4v) is 3.65. The second kappa shape index (κ2) is 6.29. The Morgan fingerprint density at radius 1 is 1.26 bits per heavy atom. The molecule has 0 spiro atoms. The van der Waals surface area contributed by atoms with Gasteiger partial charge in [0.2, 0.25) is 15.9 Å². The van der Waals surface area contributed by atoms with Gasteiger partial charge in [-0.05, 0) is 18.4 Å². The van der Waals surface area contributed by atoms with E-state index in [1.807, 2.05) is 30.3 Å². The molecule has 1 saturated heterocycles. The normalized spacial score (nSPS) is 19.3. The van der Waals surface area contributed by atoms with Crippen LogP contribution in [0.4, 0.5) is 0 Å². The van der Waals surface area contributed by atoms with Crippen LogP contribution in [0.15, 0.2) is 39.5 Å². The molecule has 0 saturated carbocycles. The van der Waals surface area contributed by atoms with Crippen molar-refractivity contribution in [3.8, 4) is 0 Å². The van der Waals surface area contributed by atoms with Crippen molar-refractivity contribution >= 4 is 10.0 Å². The number of nitrogens with zero attached hydrogens (tertiary/aromatic N) is 3. The van der Waals surface area contributed by atoms with Crippen LogP contribution in [0.3, 0.4) is 0 Å². The SMILES string of the molecule is CS(=O)(=O)N1CCC(n2nc(CCc3ccccc3)oc2=O)C1. The summed E-state index contributed by atoms with van der Waals surface area (Å²) in [5.74, 6) is -0.134. The zero-order chi connectivity index (χ0) is 16.4. The largest absolute Gasteiger partial charge is 0.437 e. The Kier molecular flexibility index (Phi) is 4.36. The molecular weight excluding hydrogens is 318 g/mol. The van der Waals surface area contributed by atoms with E-state index >= 15 is 0 Å². The summed E-state index contributed by atoms with van der Waals surface area (Å²) in [5.41, 5.74) is 1.15. The summed E-state index contributed by atoms with van der Waals surface area (Å²) >= 11 is 0. The smallest absolute Gasteiger partial charge is 0.392 e. The summed E-state index contributed by atoms with van der Waals surface area (Å²) in [7, 11) is -3.24. The van der Waals surface area contributed by atoms with Gasteiger partial charge in [0.25, 0.3) is 0 Å². The van der Waals surface area contributed by atoms with E-state index in [-0.39, 0.29) is 12.6 Å². The first-order chi connectivity index (χ1) is 10.9. The number of rotatable bonds is 5. The Bertz CT molecular complexity index is 826. The molecule has 0 bridgehead atoms. The molecule has 1 aliphatic rings. The number of benzene rings is 1. The zero-order valence-corrected chi connectivity index (χ0v) is 13.7. The quantitative estimate of drug-likeness (QED) is 0.807. The Hall–Kier alpha value is -1.93. The molecule has 3 rings (SSSR count). The molecule has 8 heteroatoms. The second-order valence-corrected chi connectivity index (χ2v) is 7.74. The Morgan fingerprint density at radius 2 is 2.00 bits per heavy atom. The van der Waals surface area contributed by atoms with Crippen LogP contribution in [0.5, 0.6) is 0 Å². The molecule has 1 aromatic carbocycles. The summed E-state index contributed by atoms with van der Waals surface area (Å²) in [4.78, 5) is 12.0. The van der Waals surface area contributed by atoms with Crippen molar-refractivity contribution in [2.24, 2.45) is 0 Å². The van der Waals surface area contributed by atoms with Crippen LogP contribution in [0.2, 0.25) is 0 Å². The van der Waals surface area contributed by atoms with Gasteiger partial charge in [-0.1, -0.05) is 30.3 Å². The number of aromatic nitrogens is 2. The van der Waals surface area contributed by atoms with Crippen LogP contribution < -0.4 is 5.76 Å². The van der Waals surface area contributed by atoms with Gasteiger partial charge in [-0.15, -0.1) is 5.10 Å².